The number of nitrogens with zero attached hydrogens (tertiary/aromatic N) is 1. The number of carbonyl (C=O) groups is 1. The molecule has 1 atom stereocenters. The quantitative estimate of drug-likeness (QED) is 0.828. The molecule has 0 amide bonds. The topological polar surface area (TPSA) is 50.2 Å². The van der Waals surface area contributed by atoms with Gasteiger partial charge in [0.15, 0.2) is 0 Å². The van der Waals surface area contributed by atoms with Crippen molar-refractivity contribution in [3.63, 3.8) is 0 Å². The molecule has 0 saturated heterocycles. The zero-order valence-corrected chi connectivity index (χ0v) is 8.78. The van der Waals surface area contributed by atoms with Crippen LogP contribution in [0.2, 0.25) is 0 Å². The maximum Gasteiger partial charge on any atom is 0.306 e. The van der Waals surface area contributed by atoms with Gasteiger partial charge in [-0.1, -0.05) is 13.0 Å². The summed E-state index contributed by atoms with van der Waals surface area (Å²) in [6.45, 7) is 1.67. The van der Waals surface area contributed by atoms with E-state index in [4.69, 9.17) is 5.11 Å². The average molecular weight is 244 g/mol. The van der Waals surface area contributed by atoms with Crippen LogP contribution in [0.5, 0.6) is 0 Å². The van der Waals surface area contributed by atoms with Crippen LogP contribution in [0, 0.1) is 5.92 Å². The van der Waals surface area contributed by atoms with Crippen LogP contribution in [0.15, 0.2) is 22.8 Å². The van der Waals surface area contributed by atoms with Crippen molar-refractivity contribution in [3.8, 4) is 0 Å². The van der Waals surface area contributed by atoms with E-state index < -0.39 is 5.97 Å². The van der Waals surface area contributed by atoms with Gasteiger partial charge in [0.1, 0.15) is 4.60 Å². The Kier molecular flexibility index (Phi) is 3.42. The summed E-state index contributed by atoms with van der Waals surface area (Å²) in [5.41, 5.74) is 0.796. The van der Waals surface area contributed by atoms with Crippen molar-refractivity contribution in [1.82, 2.24) is 4.98 Å². The van der Waals surface area contributed by atoms with E-state index in [1.807, 2.05) is 18.2 Å². The second-order valence-corrected chi connectivity index (χ2v) is 3.71. The van der Waals surface area contributed by atoms with Crippen molar-refractivity contribution in [2.75, 3.05) is 0 Å². The highest BCUT2D eigenvalue weighted by atomic mass is 79.9. The van der Waals surface area contributed by atoms with E-state index >= 15 is 0 Å². The zero-order valence-electron chi connectivity index (χ0n) is 7.20. The minimum Gasteiger partial charge on any atom is -0.481 e. The molecule has 0 aliphatic heterocycles. The van der Waals surface area contributed by atoms with Gasteiger partial charge in [-0.25, -0.2) is 4.98 Å². The molecule has 70 valence electrons. The molecule has 3 nitrogen and oxygen atoms in total. The second-order valence-electron chi connectivity index (χ2n) is 2.90. The van der Waals surface area contributed by atoms with Crippen molar-refractivity contribution in [3.05, 3.63) is 28.5 Å². The molecule has 0 bridgehead atoms. The van der Waals surface area contributed by atoms with E-state index in [0.717, 1.165) is 10.3 Å². The van der Waals surface area contributed by atoms with Gasteiger partial charge in [-0.05, 0) is 28.1 Å². The molecule has 0 saturated carbocycles. The van der Waals surface area contributed by atoms with Gasteiger partial charge in [0.2, 0.25) is 0 Å². The van der Waals surface area contributed by atoms with Gasteiger partial charge in [-0.2, -0.15) is 0 Å². The lowest BCUT2D eigenvalue weighted by molar-refractivity contribution is -0.141. The standard InChI is InChI=1S/C9H10BrNO2/c1-6(9(12)13)5-7-3-2-4-8(10)11-7/h2-4,6H,5H2,1H3,(H,12,13). The number of hydrogen-bond donors (Lipinski definition) is 1. The maximum atomic E-state index is 10.5. The fraction of sp³-hybridized carbons (Fsp3) is 0.333. The third-order valence-corrected chi connectivity index (χ3v) is 2.15. The Morgan fingerprint density at radius 1 is 1.69 bits per heavy atom. The number of carboxylic acids is 1. The Hall–Kier alpha value is -0.900. The highest BCUT2D eigenvalue weighted by molar-refractivity contribution is 9.10. The third-order valence-electron chi connectivity index (χ3n) is 1.71. The molecule has 4 heteroatoms. The lowest BCUT2D eigenvalue weighted by Crippen LogP contribution is -2.12. The summed E-state index contributed by atoms with van der Waals surface area (Å²) >= 11 is 3.23. The number of hydrogen-bond acceptors (Lipinski definition) is 2. The summed E-state index contributed by atoms with van der Waals surface area (Å²) in [6, 6.07) is 5.49. The van der Waals surface area contributed by atoms with E-state index in [2.05, 4.69) is 20.9 Å². The first-order valence-electron chi connectivity index (χ1n) is 3.94. The van der Waals surface area contributed by atoms with Crippen molar-refractivity contribution in [1.29, 1.82) is 0 Å². The van der Waals surface area contributed by atoms with E-state index in [-0.39, 0.29) is 5.92 Å². The summed E-state index contributed by atoms with van der Waals surface area (Å²) in [4.78, 5) is 14.7. The minimum absolute atomic E-state index is 0.387. The van der Waals surface area contributed by atoms with Gasteiger partial charge in [-0.3, -0.25) is 4.79 Å². The number of aromatic nitrogens is 1. The van der Waals surface area contributed by atoms with Crippen LogP contribution in [0.25, 0.3) is 0 Å². The first kappa shape index (κ1) is 10.2. The van der Waals surface area contributed by atoms with Crippen LogP contribution < -0.4 is 0 Å². The van der Waals surface area contributed by atoms with Gasteiger partial charge in [0.25, 0.3) is 0 Å². The van der Waals surface area contributed by atoms with Crippen LogP contribution >= 0.6 is 15.9 Å². The van der Waals surface area contributed by atoms with Crippen LogP contribution in [0.1, 0.15) is 12.6 Å². The van der Waals surface area contributed by atoms with Crippen LogP contribution in [0.3, 0.4) is 0 Å². The molecule has 1 unspecified atom stereocenters. The van der Waals surface area contributed by atoms with Crippen LogP contribution in [-0.4, -0.2) is 16.1 Å². The smallest absolute Gasteiger partial charge is 0.306 e. The molecule has 13 heavy (non-hydrogen) atoms. The molecule has 0 spiro atoms. The summed E-state index contributed by atoms with van der Waals surface area (Å²) in [5.74, 6) is -1.18. The number of pyridine rings is 1. The highest BCUT2D eigenvalue weighted by Crippen LogP contribution is 2.10. The minimum atomic E-state index is -0.790. The molecule has 1 rings (SSSR count). The Balaban J connectivity index is 2.69. The summed E-state index contributed by atoms with van der Waals surface area (Å²) in [5, 5.41) is 8.67. The number of rotatable bonds is 3. The second kappa shape index (κ2) is 4.37. The molecule has 1 N–H and O–H groups in total. The van der Waals surface area contributed by atoms with E-state index in [0.29, 0.717) is 6.42 Å². The van der Waals surface area contributed by atoms with Gasteiger partial charge in [0.05, 0.1) is 5.92 Å². The monoisotopic (exact) mass is 243 g/mol. The molecule has 0 radical (unpaired) electrons. The average Bonchev–Trinajstić information content (AvgIpc) is 2.04. The molecule has 0 aliphatic carbocycles. The Morgan fingerprint density at radius 3 is 2.92 bits per heavy atom. The van der Waals surface area contributed by atoms with E-state index in [1.54, 1.807) is 6.92 Å². The Morgan fingerprint density at radius 2 is 2.38 bits per heavy atom. The summed E-state index contributed by atoms with van der Waals surface area (Å²) < 4.78 is 0.739. The number of carboxylic acid groups (broad SMARTS) is 1. The van der Waals surface area contributed by atoms with Crippen molar-refractivity contribution < 1.29 is 9.90 Å². The zero-order chi connectivity index (χ0) is 9.84. The van der Waals surface area contributed by atoms with Crippen LogP contribution in [0.4, 0.5) is 0 Å². The van der Waals surface area contributed by atoms with Gasteiger partial charge < -0.3 is 5.11 Å². The number of aliphatic carboxylic acids is 1. The van der Waals surface area contributed by atoms with Gasteiger partial charge in [0, 0.05) is 12.1 Å². The SMILES string of the molecule is CC(Cc1cccc(Br)n1)C(=O)O. The van der Waals surface area contributed by atoms with E-state index in [1.165, 1.54) is 0 Å². The van der Waals surface area contributed by atoms with Gasteiger partial charge >= 0.3 is 5.97 Å². The predicted molar refractivity (Wildman–Crippen MR) is 52.4 cm³/mol. The maximum absolute atomic E-state index is 10.5. The predicted octanol–water partition coefficient (Wildman–Crippen LogP) is 2.11. The normalized spacial score (nSPS) is 12.5. The fourth-order valence-corrected chi connectivity index (χ4v) is 1.35. The highest BCUT2D eigenvalue weighted by Gasteiger charge is 2.11. The molecule has 0 aromatic carbocycles. The largest absolute Gasteiger partial charge is 0.481 e. The van der Waals surface area contributed by atoms with Crippen molar-refractivity contribution in [2.24, 2.45) is 5.92 Å². The van der Waals surface area contributed by atoms with Crippen LogP contribution in [-0.2, 0) is 11.2 Å². The first-order valence-corrected chi connectivity index (χ1v) is 4.73. The van der Waals surface area contributed by atoms with Crippen molar-refractivity contribution >= 4 is 21.9 Å². The third kappa shape index (κ3) is 3.14. The fourth-order valence-electron chi connectivity index (χ4n) is 0.965. The number of halogens is 1. The Labute approximate surface area is 84.9 Å². The molecule has 0 aliphatic rings. The lowest BCUT2D eigenvalue weighted by atomic mass is 10.1. The molecule has 1 aromatic heterocycles. The molecule has 0 fully saturated rings. The van der Waals surface area contributed by atoms with Gasteiger partial charge in [-0.15, -0.1) is 0 Å². The van der Waals surface area contributed by atoms with E-state index in [9.17, 15) is 4.79 Å². The molecule has 1 heterocycles. The van der Waals surface area contributed by atoms with Crippen molar-refractivity contribution in [2.45, 2.75) is 13.3 Å². The lowest BCUT2D eigenvalue weighted by Gasteiger charge is -2.04. The Bertz CT molecular complexity index is 314. The first-order chi connectivity index (χ1) is 6.09. The molecular formula is C9H10BrNO2. The summed E-state index contributed by atoms with van der Waals surface area (Å²) in [6.07, 6.45) is 0.467. The molecular weight excluding hydrogens is 234 g/mol. The summed E-state index contributed by atoms with van der Waals surface area (Å²) in [7, 11) is 0. The molecule has 1 aromatic rings.